The Morgan fingerprint density at radius 1 is 1.28 bits per heavy atom. The maximum Gasteiger partial charge on any atom is 0.305 e. The summed E-state index contributed by atoms with van der Waals surface area (Å²) in [6.07, 6.45) is 5.12. The van der Waals surface area contributed by atoms with Crippen LogP contribution in [0.2, 0.25) is 0 Å². The SMILES string of the molecule is Cc1ccc(N(CCC(=O)O)C2CCCC2)cc1. The first-order chi connectivity index (χ1) is 8.66. The molecule has 0 saturated heterocycles. The van der Waals surface area contributed by atoms with E-state index in [1.807, 2.05) is 0 Å². The van der Waals surface area contributed by atoms with Crippen molar-refractivity contribution >= 4 is 11.7 Å². The number of benzene rings is 1. The van der Waals surface area contributed by atoms with Gasteiger partial charge in [-0.3, -0.25) is 4.79 Å². The van der Waals surface area contributed by atoms with E-state index < -0.39 is 5.97 Å². The monoisotopic (exact) mass is 247 g/mol. The molecule has 0 atom stereocenters. The van der Waals surface area contributed by atoms with Crippen LogP contribution in [0.4, 0.5) is 5.69 Å². The van der Waals surface area contributed by atoms with E-state index in [2.05, 4.69) is 36.1 Å². The second-order valence-corrected chi connectivity index (χ2v) is 5.11. The number of nitrogens with zero attached hydrogens (tertiary/aromatic N) is 1. The molecule has 0 heterocycles. The summed E-state index contributed by atoms with van der Waals surface area (Å²) in [7, 11) is 0. The van der Waals surface area contributed by atoms with Crippen molar-refractivity contribution in [2.45, 2.75) is 45.1 Å². The maximum absolute atomic E-state index is 10.8. The summed E-state index contributed by atoms with van der Waals surface area (Å²) in [5.41, 5.74) is 2.40. The van der Waals surface area contributed by atoms with Gasteiger partial charge in [0.25, 0.3) is 0 Å². The number of carboxylic acids is 1. The molecule has 0 amide bonds. The summed E-state index contributed by atoms with van der Waals surface area (Å²) in [4.78, 5) is 13.1. The molecule has 1 fully saturated rings. The molecule has 0 aliphatic heterocycles. The van der Waals surface area contributed by atoms with Gasteiger partial charge in [-0.15, -0.1) is 0 Å². The van der Waals surface area contributed by atoms with Gasteiger partial charge in [-0.2, -0.15) is 0 Å². The lowest BCUT2D eigenvalue weighted by Gasteiger charge is -2.31. The number of aryl methyl sites for hydroxylation is 1. The number of hydrogen-bond acceptors (Lipinski definition) is 2. The molecule has 1 aromatic rings. The summed E-state index contributed by atoms with van der Waals surface area (Å²) >= 11 is 0. The summed E-state index contributed by atoms with van der Waals surface area (Å²) in [5, 5.41) is 8.87. The highest BCUT2D eigenvalue weighted by molar-refractivity contribution is 5.67. The standard InChI is InChI=1S/C15H21NO2/c1-12-6-8-14(9-7-12)16(11-10-15(17)18)13-4-2-3-5-13/h6-9,13H,2-5,10-11H2,1H3,(H,17,18). The van der Waals surface area contributed by atoms with Crippen molar-refractivity contribution in [3.63, 3.8) is 0 Å². The first-order valence-corrected chi connectivity index (χ1v) is 6.72. The number of rotatable bonds is 5. The molecule has 98 valence electrons. The van der Waals surface area contributed by atoms with E-state index in [9.17, 15) is 4.79 Å². The van der Waals surface area contributed by atoms with E-state index >= 15 is 0 Å². The van der Waals surface area contributed by atoms with Crippen LogP contribution in [0.5, 0.6) is 0 Å². The number of hydrogen-bond donors (Lipinski definition) is 1. The molecule has 0 radical (unpaired) electrons. The molecule has 0 bridgehead atoms. The Bertz CT molecular complexity index is 393. The fraction of sp³-hybridized carbons (Fsp3) is 0.533. The van der Waals surface area contributed by atoms with E-state index in [1.54, 1.807) is 0 Å². The van der Waals surface area contributed by atoms with Gasteiger partial charge in [0.1, 0.15) is 0 Å². The highest BCUT2D eigenvalue weighted by Gasteiger charge is 2.23. The lowest BCUT2D eigenvalue weighted by atomic mass is 10.1. The van der Waals surface area contributed by atoms with Gasteiger partial charge >= 0.3 is 5.97 Å². The predicted octanol–water partition coefficient (Wildman–Crippen LogP) is 3.22. The highest BCUT2D eigenvalue weighted by Crippen LogP contribution is 2.28. The minimum Gasteiger partial charge on any atom is -0.481 e. The quantitative estimate of drug-likeness (QED) is 0.868. The normalized spacial score (nSPS) is 15.8. The summed E-state index contributed by atoms with van der Waals surface area (Å²) in [6, 6.07) is 8.92. The van der Waals surface area contributed by atoms with Crippen LogP contribution < -0.4 is 4.90 Å². The second kappa shape index (κ2) is 5.89. The van der Waals surface area contributed by atoms with Gasteiger partial charge in [-0.1, -0.05) is 30.5 Å². The number of aliphatic carboxylic acids is 1. The summed E-state index contributed by atoms with van der Waals surface area (Å²) < 4.78 is 0. The Balaban J connectivity index is 2.12. The minimum atomic E-state index is -0.717. The Labute approximate surface area is 108 Å². The van der Waals surface area contributed by atoms with Crippen molar-refractivity contribution < 1.29 is 9.90 Å². The number of carboxylic acid groups (broad SMARTS) is 1. The third-order valence-corrected chi connectivity index (χ3v) is 3.70. The van der Waals surface area contributed by atoms with Crippen LogP contribution in [0, 0.1) is 6.92 Å². The fourth-order valence-electron chi connectivity index (χ4n) is 2.69. The zero-order valence-electron chi connectivity index (χ0n) is 10.9. The Hall–Kier alpha value is -1.51. The summed E-state index contributed by atoms with van der Waals surface area (Å²) in [6.45, 7) is 2.68. The average molecular weight is 247 g/mol. The van der Waals surface area contributed by atoms with E-state index in [0.29, 0.717) is 12.6 Å². The van der Waals surface area contributed by atoms with Gasteiger partial charge in [0.05, 0.1) is 6.42 Å². The molecule has 1 saturated carbocycles. The minimum absolute atomic E-state index is 0.213. The van der Waals surface area contributed by atoms with Crippen molar-refractivity contribution in [2.75, 3.05) is 11.4 Å². The Morgan fingerprint density at radius 3 is 2.44 bits per heavy atom. The lowest BCUT2D eigenvalue weighted by Crippen LogP contribution is -2.35. The zero-order chi connectivity index (χ0) is 13.0. The maximum atomic E-state index is 10.8. The molecule has 3 nitrogen and oxygen atoms in total. The highest BCUT2D eigenvalue weighted by atomic mass is 16.4. The first-order valence-electron chi connectivity index (χ1n) is 6.72. The number of anilines is 1. The van der Waals surface area contributed by atoms with Crippen LogP contribution in [0.25, 0.3) is 0 Å². The number of carbonyl (C=O) groups is 1. The first kappa shape index (κ1) is 12.9. The lowest BCUT2D eigenvalue weighted by molar-refractivity contribution is -0.136. The molecule has 0 aromatic heterocycles. The molecular weight excluding hydrogens is 226 g/mol. The largest absolute Gasteiger partial charge is 0.481 e. The topological polar surface area (TPSA) is 40.5 Å². The van der Waals surface area contributed by atoms with Crippen molar-refractivity contribution in [1.29, 1.82) is 0 Å². The van der Waals surface area contributed by atoms with Crippen LogP contribution in [-0.2, 0) is 4.79 Å². The van der Waals surface area contributed by atoms with Gasteiger partial charge in [0.2, 0.25) is 0 Å². The van der Waals surface area contributed by atoms with Crippen molar-refractivity contribution in [3.05, 3.63) is 29.8 Å². The molecule has 3 heteroatoms. The molecular formula is C15H21NO2. The third-order valence-electron chi connectivity index (χ3n) is 3.70. The van der Waals surface area contributed by atoms with Crippen molar-refractivity contribution in [3.8, 4) is 0 Å². The van der Waals surface area contributed by atoms with Gasteiger partial charge in [0, 0.05) is 18.3 Å². The second-order valence-electron chi connectivity index (χ2n) is 5.11. The smallest absolute Gasteiger partial charge is 0.305 e. The molecule has 1 N–H and O–H groups in total. The molecule has 0 spiro atoms. The van der Waals surface area contributed by atoms with E-state index in [1.165, 1.54) is 31.2 Å². The van der Waals surface area contributed by atoms with Gasteiger partial charge in [-0.05, 0) is 31.9 Å². The molecule has 18 heavy (non-hydrogen) atoms. The Kier molecular flexibility index (Phi) is 4.24. The summed E-state index contributed by atoms with van der Waals surface area (Å²) in [5.74, 6) is -0.717. The van der Waals surface area contributed by atoms with Gasteiger partial charge in [0.15, 0.2) is 0 Å². The van der Waals surface area contributed by atoms with Crippen LogP contribution in [0.3, 0.4) is 0 Å². The molecule has 2 rings (SSSR count). The van der Waals surface area contributed by atoms with E-state index in [4.69, 9.17) is 5.11 Å². The molecule has 1 aliphatic rings. The Morgan fingerprint density at radius 2 is 1.89 bits per heavy atom. The van der Waals surface area contributed by atoms with Gasteiger partial charge < -0.3 is 10.0 Å². The average Bonchev–Trinajstić information content (AvgIpc) is 2.85. The van der Waals surface area contributed by atoms with Gasteiger partial charge in [-0.25, -0.2) is 0 Å². The molecule has 1 aliphatic carbocycles. The third kappa shape index (κ3) is 3.25. The van der Waals surface area contributed by atoms with E-state index in [-0.39, 0.29) is 6.42 Å². The zero-order valence-corrected chi connectivity index (χ0v) is 10.9. The van der Waals surface area contributed by atoms with E-state index in [0.717, 1.165) is 5.69 Å². The molecule has 0 unspecified atom stereocenters. The fourth-order valence-corrected chi connectivity index (χ4v) is 2.69. The van der Waals surface area contributed by atoms with Crippen LogP contribution >= 0.6 is 0 Å². The predicted molar refractivity (Wildman–Crippen MR) is 73.0 cm³/mol. The van der Waals surface area contributed by atoms with Crippen molar-refractivity contribution in [2.24, 2.45) is 0 Å². The van der Waals surface area contributed by atoms with Crippen molar-refractivity contribution in [1.82, 2.24) is 0 Å². The van der Waals surface area contributed by atoms with Crippen LogP contribution in [0.15, 0.2) is 24.3 Å². The molecule has 1 aromatic carbocycles. The van der Waals surface area contributed by atoms with Crippen LogP contribution in [0.1, 0.15) is 37.7 Å². The van der Waals surface area contributed by atoms with Crippen LogP contribution in [-0.4, -0.2) is 23.7 Å².